The second-order valence-corrected chi connectivity index (χ2v) is 3.89. The van der Waals surface area contributed by atoms with Crippen molar-refractivity contribution in [3.63, 3.8) is 0 Å². The predicted molar refractivity (Wildman–Crippen MR) is 78.8 cm³/mol. The van der Waals surface area contributed by atoms with Gasteiger partial charge in [0.2, 0.25) is 0 Å². The van der Waals surface area contributed by atoms with E-state index in [4.69, 9.17) is 0 Å². The molecule has 0 heterocycles. The maximum atomic E-state index is 9.62. The zero-order valence-electron chi connectivity index (χ0n) is 11.2. The van der Waals surface area contributed by atoms with E-state index in [9.17, 15) is 5.11 Å². The van der Waals surface area contributed by atoms with Crippen molar-refractivity contribution in [1.82, 2.24) is 0 Å². The number of rotatable bonds is 7. The van der Waals surface area contributed by atoms with E-state index >= 15 is 0 Å². The first kappa shape index (κ1) is 16.3. The summed E-state index contributed by atoms with van der Waals surface area (Å²) < 4.78 is 0. The summed E-state index contributed by atoms with van der Waals surface area (Å²) >= 11 is 0. The van der Waals surface area contributed by atoms with E-state index in [-0.39, 0.29) is 0 Å². The van der Waals surface area contributed by atoms with Crippen LogP contribution in [0.1, 0.15) is 39.0 Å². The first-order chi connectivity index (χ1) is 8.81. The van der Waals surface area contributed by atoms with Crippen LogP contribution in [0.15, 0.2) is 37.0 Å². The first-order valence-electron chi connectivity index (χ1n) is 6.39. The maximum absolute atomic E-state index is 9.62. The minimum atomic E-state index is -0.397. The molecule has 0 amide bonds. The van der Waals surface area contributed by atoms with E-state index < -0.39 is 6.10 Å². The lowest BCUT2D eigenvalue weighted by Gasteiger charge is -2.03. The molecule has 0 saturated heterocycles. The van der Waals surface area contributed by atoms with E-state index in [1.165, 1.54) is 0 Å². The molecule has 1 nitrogen and oxygen atoms in total. The Morgan fingerprint density at radius 2 is 1.83 bits per heavy atom. The van der Waals surface area contributed by atoms with E-state index in [0.717, 1.165) is 32.1 Å². The van der Waals surface area contributed by atoms with Crippen molar-refractivity contribution >= 4 is 0 Å². The second-order valence-electron chi connectivity index (χ2n) is 3.89. The van der Waals surface area contributed by atoms with Gasteiger partial charge in [-0.15, -0.1) is 6.58 Å². The number of hydrogen-bond donors (Lipinski definition) is 1. The summed E-state index contributed by atoms with van der Waals surface area (Å²) in [4.78, 5) is 0. The lowest BCUT2D eigenvalue weighted by molar-refractivity contribution is 0.208. The van der Waals surface area contributed by atoms with Gasteiger partial charge in [0.1, 0.15) is 0 Å². The van der Waals surface area contributed by atoms with Crippen LogP contribution < -0.4 is 0 Å². The fraction of sp³-hybridized carbons (Fsp3) is 0.412. The van der Waals surface area contributed by atoms with Crippen LogP contribution in [-0.4, -0.2) is 11.2 Å². The Balaban J connectivity index is 3.71. The van der Waals surface area contributed by atoms with Crippen molar-refractivity contribution in [2.45, 2.75) is 45.1 Å². The molecule has 0 spiro atoms. The van der Waals surface area contributed by atoms with Gasteiger partial charge in [0.25, 0.3) is 0 Å². The topological polar surface area (TPSA) is 20.2 Å². The zero-order chi connectivity index (χ0) is 13.5. The van der Waals surface area contributed by atoms with Gasteiger partial charge in [-0.3, -0.25) is 0 Å². The summed E-state index contributed by atoms with van der Waals surface area (Å²) in [5.74, 6) is 10.9. The van der Waals surface area contributed by atoms with Gasteiger partial charge < -0.3 is 5.11 Å². The number of unbranched alkanes of at least 4 members (excludes halogenated alkanes) is 3. The molecular weight excluding hydrogens is 220 g/mol. The Kier molecular flexibility index (Phi) is 12.1. The molecule has 0 unspecified atom stereocenters. The summed E-state index contributed by atoms with van der Waals surface area (Å²) in [5.41, 5.74) is 0. The standard InChI is InChI=1S/C17H22O/c1-3-5-7-9-10-12-14-16-17(18)15-13-11-8-6-4-2/h3-5,14,16-18H,2,6,8,11,13,15H2,1H3/b5-3-,16-14+/t17-/m1/s1. The van der Waals surface area contributed by atoms with Crippen LogP contribution >= 0.6 is 0 Å². The molecule has 18 heavy (non-hydrogen) atoms. The number of aliphatic hydroxyl groups is 1. The summed E-state index contributed by atoms with van der Waals surface area (Å²) in [5, 5.41) is 9.62. The molecule has 0 aliphatic rings. The third-order valence-electron chi connectivity index (χ3n) is 2.27. The molecule has 0 aromatic heterocycles. The minimum absolute atomic E-state index is 0.397. The smallest absolute Gasteiger partial charge is 0.0730 e. The average Bonchev–Trinajstić information content (AvgIpc) is 2.37. The Hall–Kier alpha value is -1.70. The van der Waals surface area contributed by atoms with E-state index in [0.29, 0.717) is 0 Å². The third-order valence-corrected chi connectivity index (χ3v) is 2.27. The quantitative estimate of drug-likeness (QED) is 0.411. The van der Waals surface area contributed by atoms with Crippen LogP contribution in [0.2, 0.25) is 0 Å². The molecule has 0 aliphatic heterocycles. The van der Waals surface area contributed by atoms with Gasteiger partial charge in [-0.25, -0.2) is 0 Å². The molecule has 0 rings (SSSR count). The first-order valence-corrected chi connectivity index (χ1v) is 6.39. The Bertz CT molecular complexity index is 379. The molecule has 0 radical (unpaired) electrons. The van der Waals surface area contributed by atoms with Gasteiger partial charge in [-0.1, -0.05) is 36.8 Å². The van der Waals surface area contributed by atoms with Crippen molar-refractivity contribution in [1.29, 1.82) is 0 Å². The van der Waals surface area contributed by atoms with Crippen molar-refractivity contribution in [2.24, 2.45) is 0 Å². The Labute approximate surface area is 111 Å². The fourth-order valence-electron chi connectivity index (χ4n) is 1.31. The lowest BCUT2D eigenvalue weighted by Crippen LogP contribution is -2.01. The molecule has 96 valence electrons. The number of aliphatic hydroxyl groups excluding tert-OH is 1. The van der Waals surface area contributed by atoms with Crippen molar-refractivity contribution in [2.75, 3.05) is 0 Å². The molecule has 1 atom stereocenters. The summed E-state index contributed by atoms with van der Waals surface area (Å²) in [6.07, 6.45) is 13.7. The molecule has 0 aromatic carbocycles. The molecule has 0 fully saturated rings. The van der Waals surface area contributed by atoms with Gasteiger partial charge in [-0.05, 0) is 56.3 Å². The highest BCUT2D eigenvalue weighted by Gasteiger charge is 1.97. The highest BCUT2D eigenvalue weighted by Crippen LogP contribution is 2.06. The fourth-order valence-corrected chi connectivity index (χ4v) is 1.31. The largest absolute Gasteiger partial charge is 0.389 e. The lowest BCUT2D eigenvalue weighted by atomic mass is 10.1. The maximum Gasteiger partial charge on any atom is 0.0730 e. The number of hydrogen-bond acceptors (Lipinski definition) is 1. The highest BCUT2D eigenvalue weighted by atomic mass is 16.3. The average molecular weight is 242 g/mol. The normalized spacial score (nSPS) is 11.7. The highest BCUT2D eigenvalue weighted by molar-refractivity contribution is 5.33. The summed E-state index contributed by atoms with van der Waals surface area (Å²) in [6, 6.07) is 0. The minimum Gasteiger partial charge on any atom is -0.389 e. The van der Waals surface area contributed by atoms with Gasteiger partial charge in [0, 0.05) is 0 Å². The Morgan fingerprint density at radius 3 is 2.50 bits per heavy atom. The number of allylic oxidation sites excluding steroid dienone is 4. The molecule has 1 N–H and O–H groups in total. The molecule has 0 aromatic rings. The second kappa shape index (κ2) is 13.4. The van der Waals surface area contributed by atoms with Crippen molar-refractivity contribution in [3.05, 3.63) is 37.0 Å². The Morgan fingerprint density at radius 1 is 1.11 bits per heavy atom. The van der Waals surface area contributed by atoms with Crippen LogP contribution in [-0.2, 0) is 0 Å². The predicted octanol–water partition coefficient (Wildman–Crippen LogP) is 3.62. The van der Waals surface area contributed by atoms with Gasteiger partial charge >= 0.3 is 0 Å². The summed E-state index contributed by atoms with van der Waals surface area (Å²) in [7, 11) is 0. The van der Waals surface area contributed by atoms with E-state index in [1.54, 1.807) is 18.2 Å². The zero-order valence-corrected chi connectivity index (χ0v) is 11.2. The summed E-state index contributed by atoms with van der Waals surface area (Å²) in [6.45, 7) is 5.59. The van der Waals surface area contributed by atoms with Crippen LogP contribution in [0.3, 0.4) is 0 Å². The van der Waals surface area contributed by atoms with Crippen LogP contribution in [0.4, 0.5) is 0 Å². The van der Waals surface area contributed by atoms with E-state index in [2.05, 4.69) is 30.3 Å². The van der Waals surface area contributed by atoms with E-state index in [1.807, 2.05) is 19.1 Å². The van der Waals surface area contributed by atoms with Crippen LogP contribution in [0, 0.1) is 23.7 Å². The molecular formula is C17H22O. The molecule has 1 heteroatoms. The van der Waals surface area contributed by atoms with Crippen molar-refractivity contribution < 1.29 is 5.11 Å². The molecule has 0 aliphatic carbocycles. The van der Waals surface area contributed by atoms with Crippen LogP contribution in [0.25, 0.3) is 0 Å². The van der Waals surface area contributed by atoms with Crippen LogP contribution in [0.5, 0.6) is 0 Å². The molecule has 0 saturated carbocycles. The van der Waals surface area contributed by atoms with Crippen molar-refractivity contribution in [3.8, 4) is 23.7 Å². The molecule has 0 bridgehead atoms. The van der Waals surface area contributed by atoms with Gasteiger partial charge in [-0.2, -0.15) is 0 Å². The monoisotopic (exact) mass is 242 g/mol. The van der Waals surface area contributed by atoms with Gasteiger partial charge in [0.05, 0.1) is 6.10 Å². The third kappa shape index (κ3) is 12.4. The SMILES string of the molecule is C=CCCCCC[C@@H](O)/C=C/C#CC#C/C=C\C. The van der Waals surface area contributed by atoms with Gasteiger partial charge in [0.15, 0.2) is 0 Å².